The Morgan fingerprint density at radius 2 is 1.27 bits per heavy atom. The molecule has 0 aromatic heterocycles. The van der Waals surface area contributed by atoms with E-state index in [0.717, 1.165) is 27.7 Å². The summed E-state index contributed by atoms with van der Waals surface area (Å²) in [5, 5.41) is 14.1. The highest BCUT2D eigenvalue weighted by molar-refractivity contribution is 7.80. The van der Waals surface area contributed by atoms with Crippen LogP contribution >= 0.6 is 12.2 Å². The third kappa shape index (κ3) is 6.78. The monoisotopic (exact) mass is 542 g/mol. The summed E-state index contributed by atoms with van der Waals surface area (Å²) in [6.07, 6.45) is 3.19. The van der Waals surface area contributed by atoms with Crippen LogP contribution in [0.4, 0.5) is 22.7 Å². The minimum absolute atomic E-state index is 0.0872. The van der Waals surface area contributed by atoms with Crippen LogP contribution in [0.1, 0.15) is 15.9 Å². The molecule has 0 bridgehead atoms. The molecule has 6 nitrogen and oxygen atoms in total. The Labute approximate surface area is 237 Å². The average Bonchev–Trinajstić information content (AvgIpc) is 2.98. The molecule has 7 heteroatoms. The maximum atomic E-state index is 13.1. The quantitative estimate of drug-likeness (QED) is 0.128. The van der Waals surface area contributed by atoms with Crippen LogP contribution in [0.15, 0.2) is 127 Å². The van der Waals surface area contributed by atoms with Crippen molar-refractivity contribution in [2.75, 3.05) is 16.0 Å². The molecule has 196 valence electrons. The van der Waals surface area contributed by atoms with Gasteiger partial charge in [0.2, 0.25) is 5.91 Å². The Morgan fingerprint density at radius 1 is 0.625 bits per heavy atom. The summed E-state index contributed by atoms with van der Waals surface area (Å²) >= 11 is 5.35. The number of anilines is 4. The van der Waals surface area contributed by atoms with E-state index in [4.69, 9.17) is 12.2 Å². The van der Waals surface area contributed by atoms with Gasteiger partial charge in [0.25, 0.3) is 5.91 Å². The highest BCUT2D eigenvalue weighted by Crippen LogP contribution is 2.22. The molecule has 5 aromatic carbocycles. The molecule has 2 amide bonds. The van der Waals surface area contributed by atoms with E-state index in [1.165, 1.54) is 6.08 Å². The zero-order chi connectivity index (χ0) is 27.7. The lowest BCUT2D eigenvalue weighted by atomic mass is 10.0. The van der Waals surface area contributed by atoms with Crippen molar-refractivity contribution in [3.05, 3.63) is 139 Å². The van der Waals surface area contributed by atoms with E-state index in [1.54, 1.807) is 30.3 Å². The van der Waals surface area contributed by atoms with Crippen molar-refractivity contribution in [2.24, 2.45) is 0 Å². The van der Waals surface area contributed by atoms with Crippen molar-refractivity contribution in [1.82, 2.24) is 5.32 Å². The Morgan fingerprint density at radius 3 is 2.10 bits per heavy atom. The second kappa shape index (κ2) is 12.5. The highest BCUT2D eigenvalue weighted by Gasteiger charge is 2.13. The minimum atomic E-state index is -0.378. The lowest BCUT2D eigenvalue weighted by Gasteiger charge is -2.13. The molecule has 0 aliphatic rings. The van der Waals surface area contributed by atoms with E-state index < -0.39 is 0 Å². The molecule has 0 fully saturated rings. The van der Waals surface area contributed by atoms with Crippen LogP contribution in [0.3, 0.4) is 0 Å². The lowest BCUT2D eigenvalue weighted by molar-refractivity contribution is -0.115. The third-order valence-corrected chi connectivity index (χ3v) is 6.30. The molecular formula is C33H26N4O2S. The fourth-order valence-corrected chi connectivity index (χ4v) is 4.39. The van der Waals surface area contributed by atoms with Crippen LogP contribution in [0.2, 0.25) is 0 Å². The molecule has 4 N–H and O–H groups in total. The van der Waals surface area contributed by atoms with E-state index in [1.807, 2.05) is 97.1 Å². The number of fused-ring (bicyclic) bond motifs is 1. The minimum Gasteiger partial charge on any atom is -0.356 e. The Kier molecular flexibility index (Phi) is 8.24. The van der Waals surface area contributed by atoms with E-state index in [0.29, 0.717) is 16.9 Å². The summed E-state index contributed by atoms with van der Waals surface area (Å²) in [6.45, 7) is 0. The van der Waals surface area contributed by atoms with E-state index in [-0.39, 0.29) is 16.9 Å². The van der Waals surface area contributed by atoms with E-state index in [2.05, 4.69) is 21.3 Å². The van der Waals surface area contributed by atoms with Crippen LogP contribution in [0.25, 0.3) is 16.8 Å². The molecule has 40 heavy (non-hydrogen) atoms. The van der Waals surface area contributed by atoms with Gasteiger partial charge in [0.15, 0.2) is 5.11 Å². The zero-order valence-corrected chi connectivity index (χ0v) is 22.2. The second-order valence-corrected chi connectivity index (χ2v) is 9.32. The molecular weight excluding hydrogens is 516 g/mol. The van der Waals surface area contributed by atoms with Crippen molar-refractivity contribution in [3.63, 3.8) is 0 Å². The van der Waals surface area contributed by atoms with Crippen LogP contribution in [-0.4, -0.2) is 16.9 Å². The average molecular weight is 543 g/mol. The standard InChI is InChI=1S/C33H26N4O2S/c38-31(22-17-24-11-8-10-23-9-4-5-14-28(23)24)37-33(40)36-30-16-7-6-15-29(30)32(39)35-27-20-18-26(19-21-27)34-25-12-2-1-3-13-25/h1-22,34H,(H,35,39)(H2,36,37,38,40)/b22-17+. The van der Waals surface area contributed by atoms with Crippen LogP contribution < -0.4 is 21.3 Å². The van der Waals surface area contributed by atoms with Gasteiger partial charge < -0.3 is 16.0 Å². The van der Waals surface area contributed by atoms with Gasteiger partial charge in [-0.3, -0.25) is 14.9 Å². The topological polar surface area (TPSA) is 82.3 Å². The summed E-state index contributed by atoms with van der Waals surface area (Å²) in [6, 6.07) is 38.1. The van der Waals surface area contributed by atoms with Crippen LogP contribution in [0.5, 0.6) is 0 Å². The molecule has 0 aliphatic carbocycles. The first kappa shape index (κ1) is 26.3. The predicted octanol–water partition coefficient (Wildman–Crippen LogP) is 7.36. The van der Waals surface area contributed by atoms with Gasteiger partial charge in [-0.25, -0.2) is 0 Å². The van der Waals surface area contributed by atoms with Gasteiger partial charge in [-0.2, -0.15) is 0 Å². The number of benzene rings is 5. The Balaban J connectivity index is 1.19. The largest absolute Gasteiger partial charge is 0.356 e. The van der Waals surface area contributed by atoms with Crippen molar-refractivity contribution in [1.29, 1.82) is 0 Å². The summed E-state index contributed by atoms with van der Waals surface area (Å²) in [5.41, 5.74) is 4.32. The molecule has 0 atom stereocenters. The summed E-state index contributed by atoms with van der Waals surface area (Å²) in [4.78, 5) is 25.6. The number of para-hydroxylation sites is 2. The molecule has 0 heterocycles. The zero-order valence-electron chi connectivity index (χ0n) is 21.4. The molecule has 0 aliphatic heterocycles. The first-order valence-corrected chi connectivity index (χ1v) is 13.1. The summed E-state index contributed by atoms with van der Waals surface area (Å²) in [7, 11) is 0. The molecule has 0 radical (unpaired) electrons. The third-order valence-electron chi connectivity index (χ3n) is 6.10. The van der Waals surface area contributed by atoms with Gasteiger partial charge in [0, 0.05) is 23.1 Å². The molecule has 5 rings (SSSR count). The number of thiocarbonyl (C=S) groups is 1. The number of nitrogens with one attached hydrogen (secondary N) is 4. The normalized spacial score (nSPS) is 10.7. The van der Waals surface area contributed by atoms with E-state index >= 15 is 0 Å². The van der Waals surface area contributed by atoms with Crippen molar-refractivity contribution in [2.45, 2.75) is 0 Å². The van der Waals surface area contributed by atoms with Crippen LogP contribution in [-0.2, 0) is 4.79 Å². The van der Waals surface area contributed by atoms with Crippen molar-refractivity contribution < 1.29 is 9.59 Å². The Hall–Kier alpha value is -5.27. The number of carbonyl (C=O) groups is 2. The van der Waals surface area contributed by atoms with Gasteiger partial charge in [-0.1, -0.05) is 72.8 Å². The predicted molar refractivity (Wildman–Crippen MR) is 168 cm³/mol. The van der Waals surface area contributed by atoms with Gasteiger partial charge in [-0.05, 0) is 83.2 Å². The van der Waals surface area contributed by atoms with Crippen LogP contribution in [0, 0.1) is 0 Å². The number of hydrogen-bond acceptors (Lipinski definition) is 4. The van der Waals surface area contributed by atoms with Gasteiger partial charge >= 0.3 is 0 Å². The summed E-state index contributed by atoms with van der Waals surface area (Å²) in [5.74, 6) is -0.687. The molecule has 0 unspecified atom stereocenters. The second-order valence-electron chi connectivity index (χ2n) is 8.91. The highest BCUT2D eigenvalue weighted by atomic mass is 32.1. The lowest BCUT2D eigenvalue weighted by Crippen LogP contribution is -2.33. The fraction of sp³-hybridized carbons (Fsp3) is 0. The van der Waals surface area contributed by atoms with Gasteiger partial charge in [0.05, 0.1) is 11.3 Å². The first-order chi connectivity index (χ1) is 19.5. The maximum Gasteiger partial charge on any atom is 0.257 e. The number of carbonyl (C=O) groups excluding carboxylic acids is 2. The fourth-order valence-electron chi connectivity index (χ4n) is 4.18. The van der Waals surface area contributed by atoms with Crippen molar-refractivity contribution >= 4 is 68.7 Å². The number of hydrogen-bond donors (Lipinski definition) is 4. The SMILES string of the molecule is O=C(/C=C/c1cccc2ccccc12)NC(=S)Nc1ccccc1C(=O)Nc1ccc(Nc2ccccc2)cc1. The molecule has 0 saturated carbocycles. The molecule has 0 saturated heterocycles. The van der Waals surface area contributed by atoms with Gasteiger partial charge in [-0.15, -0.1) is 0 Å². The molecule has 0 spiro atoms. The number of rotatable bonds is 7. The smallest absolute Gasteiger partial charge is 0.257 e. The number of amides is 2. The van der Waals surface area contributed by atoms with Gasteiger partial charge in [0.1, 0.15) is 0 Å². The van der Waals surface area contributed by atoms with Crippen molar-refractivity contribution in [3.8, 4) is 0 Å². The summed E-state index contributed by atoms with van der Waals surface area (Å²) < 4.78 is 0. The Bertz CT molecular complexity index is 1690. The van der Waals surface area contributed by atoms with E-state index in [9.17, 15) is 9.59 Å². The maximum absolute atomic E-state index is 13.1. The molecule has 5 aromatic rings. The first-order valence-electron chi connectivity index (χ1n) is 12.7.